The van der Waals surface area contributed by atoms with Crippen LogP contribution in [0.1, 0.15) is 15.2 Å². The van der Waals surface area contributed by atoms with Gasteiger partial charge in [-0.2, -0.15) is 0 Å². The normalized spacial score (nSPS) is 10.5. The first-order chi connectivity index (χ1) is 8.06. The first-order valence-electron chi connectivity index (χ1n) is 4.77. The fourth-order valence-electron chi connectivity index (χ4n) is 1.42. The predicted molar refractivity (Wildman–Crippen MR) is 76.5 cm³/mol. The smallest absolute Gasteiger partial charge is 0.169 e. The highest BCUT2D eigenvalue weighted by atomic mass is 79.9. The maximum Gasteiger partial charge on any atom is 0.169 e. The van der Waals surface area contributed by atoms with E-state index in [0.717, 1.165) is 9.35 Å². The van der Waals surface area contributed by atoms with Crippen molar-refractivity contribution in [2.75, 3.05) is 0 Å². The van der Waals surface area contributed by atoms with Crippen molar-refractivity contribution in [2.45, 2.75) is 6.42 Å². The SMILES string of the molecule is O=C(Cc1cc(Br)cs1)c1ccc(Cl)cc1Cl. The maximum atomic E-state index is 12.0. The molecule has 0 spiro atoms. The van der Waals surface area contributed by atoms with Gasteiger partial charge in [0.25, 0.3) is 0 Å². The molecule has 1 heterocycles. The minimum Gasteiger partial charge on any atom is -0.294 e. The van der Waals surface area contributed by atoms with Gasteiger partial charge in [-0.25, -0.2) is 0 Å². The number of halogens is 3. The van der Waals surface area contributed by atoms with Gasteiger partial charge in [0.1, 0.15) is 0 Å². The quantitative estimate of drug-likeness (QED) is 0.692. The van der Waals surface area contributed by atoms with E-state index in [-0.39, 0.29) is 5.78 Å². The van der Waals surface area contributed by atoms with E-state index >= 15 is 0 Å². The van der Waals surface area contributed by atoms with Gasteiger partial charge in [-0.05, 0) is 40.2 Å². The topological polar surface area (TPSA) is 17.1 Å². The molecule has 0 aliphatic rings. The molecule has 2 aromatic rings. The average Bonchev–Trinajstić information content (AvgIpc) is 2.63. The summed E-state index contributed by atoms with van der Waals surface area (Å²) in [5.74, 6) is 0.000941. The van der Waals surface area contributed by atoms with E-state index in [1.807, 2.05) is 11.4 Å². The molecular weight excluding hydrogens is 343 g/mol. The zero-order chi connectivity index (χ0) is 12.4. The van der Waals surface area contributed by atoms with Gasteiger partial charge >= 0.3 is 0 Å². The molecule has 0 atom stereocenters. The molecule has 0 N–H and O–H groups in total. The van der Waals surface area contributed by atoms with E-state index in [4.69, 9.17) is 23.2 Å². The highest BCUT2D eigenvalue weighted by molar-refractivity contribution is 9.10. The third kappa shape index (κ3) is 3.32. The molecule has 1 aromatic heterocycles. The lowest BCUT2D eigenvalue weighted by molar-refractivity contribution is 0.0994. The Kier molecular flexibility index (Phi) is 4.26. The van der Waals surface area contributed by atoms with Crippen LogP contribution in [0.5, 0.6) is 0 Å². The van der Waals surface area contributed by atoms with E-state index in [1.165, 1.54) is 0 Å². The second-order valence-electron chi connectivity index (χ2n) is 3.46. The van der Waals surface area contributed by atoms with Crippen LogP contribution in [0.15, 0.2) is 34.1 Å². The standard InChI is InChI=1S/C12H7BrCl2OS/c13-7-3-9(17-6-7)5-12(16)10-2-1-8(14)4-11(10)15/h1-4,6H,5H2. The summed E-state index contributed by atoms with van der Waals surface area (Å²) in [5, 5.41) is 2.88. The first-order valence-corrected chi connectivity index (χ1v) is 7.20. The van der Waals surface area contributed by atoms with Crippen molar-refractivity contribution >= 4 is 56.3 Å². The van der Waals surface area contributed by atoms with Crippen molar-refractivity contribution in [3.05, 3.63) is 54.6 Å². The van der Waals surface area contributed by atoms with Crippen LogP contribution in [0.4, 0.5) is 0 Å². The van der Waals surface area contributed by atoms with Gasteiger partial charge in [0.15, 0.2) is 5.78 Å². The number of carbonyl (C=O) groups excluding carboxylic acids is 1. The fraction of sp³-hybridized carbons (Fsp3) is 0.0833. The van der Waals surface area contributed by atoms with E-state index < -0.39 is 0 Å². The van der Waals surface area contributed by atoms with E-state index in [9.17, 15) is 4.79 Å². The number of Topliss-reactive ketones (excluding diaryl/α,β-unsaturated/α-hetero) is 1. The van der Waals surface area contributed by atoms with Crippen LogP contribution in [0.2, 0.25) is 10.0 Å². The van der Waals surface area contributed by atoms with Crippen molar-refractivity contribution in [2.24, 2.45) is 0 Å². The maximum absolute atomic E-state index is 12.0. The Morgan fingerprint density at radius 3 is 2.65 bits per heavy atom. The van der Waals surface area contributed by atoms with E-state index in [2.05, 4.69) is 15.9 Å². The summed E-state index contributed by atoms with van der Waals surface area (Å²) in [6.07, 6.45) is 0.359. The van der Waals surface area contributed by atoms with Gasteiger partial charge in [-0.3, -0.25) is 4.79 Å². The Balaban J connectivity index is 2.20. The summed E-state index contributed by atoms with van der Waals surface area (Å²) >= 11 is 16.7. The molecule has 1 nitrogen and oxygen atoms in total. The predicted octanol–water partition coefficient (Wildman–Crippen LogP) is 5.24. The van der Waals surface area contributed by atoms with Crippen LogP contribution in [-0.2, 0) is 6.42 Å². The monoisotopic (exact) mass is 348 g/mol. The second-order valence-corrected chi connectivity index (χ2v) is 6.21. The van der Waals surface area contributed by atoms with Crippen LogP contribution < -0.4 is 0 Å². The molecule has 0 fully saturated rings. The van der Waals surface area contributed by atoms with Crippen LogP contribution in [-0.4, -0.2) is 5.78 Å². The minimum atomic E-state index is 0.000941. The molecule has 0 bridgehead atoms. The number of carbonyl (C=O) groups is 1. The van der Waals surface area contributed by atoms with Crippen LogP contribution >= 0.6 is 50.5 Å². The molecule has 1 aromatic carbocycles. The van der Waals surface area contributed by atoms with Gasteiger partial charge in [0.05, 0.1) is 5.02 Å². The van der Waals surface area contributed by atoms with Crippen LogP contribution in [0, 0.1) is 0 Å². The highest BCUT2D eigenvalue weighted by Gasteiger charge is 2.12. The van der Waals surface area contributed by atoms with Crippen molar-refractivity contribution < 1.29 is 4.79 Å². The number of benzene rings is 1. The summed E-state index contributed by atoms with van der Waals surface area (Å²) in [4.78, 5) is 13.0. The lowest BCUT2D eigenvalue weighted by atomic mass is 10.1. The summed E-state index contributed by atoms with van der Waals surface area (Å²) in [6.45, 7) is 0. The first kappa shape index (κ1) is 13.1. The molecule has 17 heavy (non-hydrogen) atoms. The molecule has 88 valence electrons. The Morgan fingerprint density at radius 2 is 2.06 bits per heavy atom. The van der Waals surface area contributed by atoms with Gasteiger partial charge in [-0.1, -0.05) is 23.2 Å². The third-order valence-corrected chi connectivity index (χ3v) is 4.43. The van der Waals surface area contributed by atoms with Gasteiger partial charge in [-0.15, -0.1) is 11.3 Å². The largest absolute Gasteiger partial charge is 0.294 e. The average molecular weight is 350 g/mol. The molecule has 0 amide bonds. The molecule has 0 unspecified atom stereocenters. The van der Waals surface area contributed by atoms with Crippen molar-refractivity contribution in [1.82, 2.24) is 0 Å². The van der Waals surface area contributed by atoms with Crippen molar-refractivity contribution in [1.29, 1.82) is 0 Å². The lowest BCUT2D eigenvalue weighted by Gasteiger charge is -2.02. The summed E-state index contributed by atoms with van der Waals surface area (Å²) in [5.41, 5.74) is 0.514. The highest BCUT2D eigenvalue weighted by Crippen LogP contribution is 2.25. The Morgan fingerprint density at radius 1 is 1.29 bits per heavy atom. The molecule has 0 radical (unpaired) electrons. The molecule has 0 aliphatic heterocycles. The number of hydrogen-bond acceptors (Lipinski definition) is 2. The van der Waals surface area contributed by atoms with Crippen LogP contribution in [0.3, 0.4) is 0 Å². The third-order valence-electron chi connectivity index (χ3n) is 2.19. The Hall–Kier alpha value is -0.350. The second kappa shape index (κ2) is 5.53. The molecule has 0 saturated carbocycles. The van der Waals surface area contributed by atoms with E-state index in [1.54, 1.807) is 29.5 Å². The molecule has 2 rings (SSSR count). The number of thiophene rings is 1. The minimum absolute atomic E-state index is 0.000941. The summed E-state index contributed by atoms with van der Waals surface area (Å²) in [7, 11) is 0. The van der Waals surface area contributed by atoms with Crippen molar-refractivity contribution in [3.63, 3.8) is 0 Å². The molecule has 0 aliphatic carbocycles. The molecular formula is C12H7BrCl2OS. The van der Waals surface area contributed by atoms with Gasteiger partial charge in [0.2, 0.25) is 0 Å². The van der Waals surface area contributed by atoms with Crippen molar-refractivity contribution in [3.8, 4) is 0 Å². The summed E-state index contributed by atoms with van der Waals surface area (Å²) < 4.78 is 0.993. The van der Waals surface area contributed by atoms with Gasteiger partial charge < -0.3 is 0 Å². The zero-order valence-electron chi connectivity index (χ0n) is 8.54. The number of ketones is 1. The molecule has 5 heteroatoms. The Bertz CT molecular complexity index is 565. The van der Waals surface area contributed by atoms with Gasteiger partial charge in [0, 0.05) is 31.7 Å². The fourth-order valence-corrected chi connectivity index (χ4v) is 3.38. The van der Waals surface area contributed by atoms with Crippen LogP contribution in [0.25, 0.3) is 0 Å². The number of hydrogen-bond donors (Lipinski definition) is 0. The lowest BCUT2D eigenvalue weighted by Crippen LogP contribution is -2.02. The molecule has 0 saturated heterocycles. The summed E-state index contributed by atoms with van der Waals surface area (Å²) in [6, 6.07) is 6.85. The van der Waals surface area contributed by atoms with E-state index in [0.29, 0.717) is 22.0 Å². The number of rotatable bonds is 3. The Labute approximate surface area is 121 Å². The zero-order valence-corrected chi connectivity index (χ0v) is 12.5.